The molecule has 0 aliphatic heterocycles. The Balaban J connectivity index is 1.82. The lowest BCUT2D eigenvalue weighted by Gasteiger charge is -2.07. The molecule has 0 unspecified atom stereocenters. The Kier molecular flexibility index (Phi) is 3.84. The van der Waals surface area contributed by atoms with E-state index in [1.54, 1.807) is 42.7 Å². The molecule has 0 aliphatic carbocycles. The first-order chi connectivity index (χ1) is 10.6. The van der Waals surface area contributed by atoms with Gasteiger partial charge in [0.15, 0.2) is 5.82 Å². The molecule has 2 N–H and O–H groups in total. The number of rotatable bonds is 3. The molecule has 1 aromatic carbocycles. The van der Waals surface area contributed by atoms with E-state index in [1.807, 2.05) is 6.92 Å². The van der Waals surface area contributed by atoms with Crippen LogP contribution in [0, 0.1) is 6.92 Å². The second-order valence-electron chi connectivity index (χ2n) is 4.63. The van der Waals surface area contributed by atoms with Crippen LogP contribution in [0.1, 0.15) is 16.2 Å². The number of pyridine rings is 1. The predicted molar refractivity (Wildman–Crippen MR) is 83.8 cm³/mol. The maximum absolute atomic E-state index is 12.1. The van der Waals surface area contributed by atoms with Gasteiger partial charge in [-0.25, -0.2) is 4.98 Å². The minimum atomic E-state index is -0.222. The first-order valence-corrected chi connectivity index (χ1v) is 6.91. The number of anilines is 1. The lowest BCUT2D eigenvalue weighted by atomic mass is 10.2. The number of amides is 1. The van der Waals surface area contributed by atoms with Gasteiger partial charge in [0, 0.05) is 29.2 Å². The number of benzene rings is 1. The lowest BCUT2D eigenvalue weighted by Crippen LogP contribution is -2.11. The van der Waals surface area contributed by atoms with Gasteiger partial charge < -0.3 is 5.32 Å². The van der Waals surface area contributed by atoms with E-state index in [4.69, 9.17) is 11.6 Å². The zero-order valence-corrected chi connectivity index (χ0v) is 12.4. The maximum atomic E-state index is 12.1. The van der Waals surface area contributed by atoms with Crippen molar-refractivity contribution in [2.24, 2.45) is 0 Å². The summed E-state index contributed by atoms with van der Waals surface area (Å²) in [6, 6.07) is 8.48. The molecule has 3 rings (SSSR count). The van der Waals surface area contributed by atoms with Crippen LogP contribution in [0.4, 0.5) is 5.69 Å². The Morgan fingerprint density at radius 2 is 2.00 bits per heavy atom. The minimum absolute atomic E-state index is 0.222. The number of aromatic nitrogens is 4. The second kappa shape index (κ2) is 5.95. The van der Waals surface area contributed by atoms with Crippen LogP contribution >= 0.6 is 11.6 Å². The van der Waals surface area contributed by atoms with Gasteiger partial charge in [0.25, 0.3) is 5.91 Å². The van der Waals surface area contributed by atoms with Crippen LogP contribution in [0.25, 0.3) is 11.4 Å². The van der Waals surface area contributed by atoms with Crippen LogP contribution in [0.2, 0.25) is 5.02 Å². The normalized spacial score (nSPS) is 10.5. The molecular formula is C15H12ClN5O. The van der Waals surface area contributed by atoms with E-state index in [0.29, 0.717) is 33.5 Å². The molecule has 1 amide bonds. The maximum Gasteiger partial charge on any atom is 0.255 e. The fraction of sp³-hybridized carbons (Fsp3) is 0.0667. The Morgan fingerprint density at radius 3 is 2.64 bits per heavy atom. The quantitative estimate of drug-likeness (QED) is 0.778. The summed E-state index contributed by atoms with van der Waals surface area (Å²) in [5.41, 5.74) is 1.83. The number of nitrogens with one attached hydrogen (secondary N) is 2. The molecular weight excluding hydrogens is 302 g/mol. The molecule has 22 heavy (non-hydrogen) atoms. The topological polar surface area (TPSA) is 83.6 Å². The summed E-state index contributed by atoms with van der Waals surface area (Å²) in [4.78, 5) is 20.2. The first kappa shape index (κ1) is 14.2. The third-order valence-corrected chi connectivity index (χ3v) is 3.32. The fourth-order valence-electron chi connectivity index (χ4n) is 1.94. The summed E-state index contributed by atoms with van der Waals surface area (Å²) in [6.45, 7) is 1.81. The highest BCUT2D eigenvalue weighted by Gasteiger charge is 2.11. The van der Waals surface area contributed by atoms with Gasteiger partial charge in [0.2, 0.25) is 0 Å². The summed E-state index contributed by atoms with van der Waals surface area (Å²) < 4.78 is 0. The number of carbonyl (C=O) groups is 1. The molecule has 2 aromatic heterocycles. The van der Waals surface area contributed by atoms with Crippen LogP contribution in [0.3, 0.4) is 0 Å². The third kappa shape index (κ3) is 2.96. The summed E-state index contributed by atoms with van der Waals surface area (Å²) in [5.74, 6) is 1.01. The summed E-state index contributed by atoms with van der Waals surface area (Å²) in [7, 11) is 0. The minimum Gasteiger partial charge on any atom is -0.322 e. The van der Waals surface area contributed by atoms with Crippen LogP contribution < -0.4 is 5.32 Å². The largest absolute Gasteiger partial charge is 0.322 e. The van der Waals surface area contributed by atoms with Gasteiger partial charge in [-0.05, 0) is 37.3 Å². The highest BCUT2D eigenvalue weighted by atomic mass is 35.5. The van der Waals surface area contributed by atoms with Gasteiger partial charge >= 0.3 is 0 Å². The van der Waals surface area contributed by atoms with Crippen molar-refractivity contribution in [1.29, 1.82) is 0 Å². The molecule has 0 saturated heterocycles. The van der Waals surface area contributed by atoms with Crippen LogP contribution in [-0.2, 0) is 0 Å². The first-order valence-electron chi connectivity index (χ1n) is 6.54. The number of aryl methyl sites for hydroxylation is 1. The molecule has 0 radical (unpaired) electrons. The number of H-pyrrole nitrogens is 1. The Hall–Kier alpha value is -2.73. The van der Waals surface area contributed by atoms with Crippen molar-refractivity contribution in [2.75, 3.05) is 5.32 Å². The molecule has 2 heterocycles. The van der Waals surface area contributed by atoms with Crippen molar-refractivity contribution < 1.29 is 4.79 Å². The van der Waals surface area contributed by atoms with E-state index < -0.39 is 0 Å². The number of nitrogens with zero attached hydrogens (tertiary/aromatic N) is 3. The molecule has 0 spiro atoms. The number of hydrogen-bond acceptors (Lipinski definition) is 4. The Labute approximate surface area is 131 Å². The molecule has 0 atom stereocenters. The molecule has 3 aromatic rings. The van der Waals surface area contributed by atoms with Gasteiger partial charge in [0.05, 0.1) is 5.02 Å². The zero-order chi connectivity index (χ0) is 15.5. The van der Waals surface area contributed by atoms with E-state index in [-0.39, 0.29) is 5.91 Å². The van der Waals surface area contributed by atoms with Gasteiger partial charge in [-0.2, -0.15) is 5.10 Å². The van der Waals surface area contributed by atoms with Crippen molar-refractivity contribution in [3.05, 3.63) is 59.1 Å². The molecule has 0 aliphatic rings. The number of carbonyl (C=O) groups excluding carboxylic acids is 1. The standard InChI is InChI=1S/C15H12ClN5O/c1-9-18-14(21-20-9)12-3-2-11(8-13(12)16)19-15(22)10-4-6-17-7-5-10/h2-8H,1H3,(H,19,22)(H,18,20,21). The van der Waals surface area contributed by atoms with E-state index in [0.717, 1.165) is 0 Å². The fourth-order valence-corrected chi connectivity index (χ4v) is 2.21. The molecule has 7 heteroatoms. The van der Waals surface area contributed by atoms with Crippen LogP contribution in [0.5, 0.6) is 0 Å². The van der Waals surface area contributed by atoms with Crippen LogP contribution in [0.15, 0.2) is 42.7 Å². The Bertz CT molecular complexity index is 816. The molecule has 0 fully saturated rings. The monoisotopic (exact) mass is 313 g/mol. The lowest BCUT2D eigenvalue weighted by molar-refractivity contribution is 0.102. The average molecular weight is 314 g/mol. The molecule has 110 valence electrons. The second-order valence-corrected chi connectivity index (χ2v) is 5.04. The number of hydrogen-bond donors (Lipinski definition) is 2. The van der Waals surface area contributed by atoms with Crippen LogP contribution in [-0.4, -0.2) is 26.1 Å². The Morgan fingerprint density at radius 1 is 1.23 bits per heavy atom. The van der Waals surface area contributed by atoms with Crippen molar-refractivity contribution in [3.63, 3.8) is 0 Å². The van der Waals surface area contributed by atoms with Gasteiger partial charge in [-0.3, -0.25) is 14.9 Å². The van der Waals surface area contributed by atoms with Crippen molar-refractivity contribution >= 4 is 23.2 Å². The predicted octanol–water partition coefficient (Wildman–Crippen LogP) is 3.08. The number of aromatic amines is 1. The average Bonchev–Trinajstić information content (AvgIpc) is 2.94. The molecule has 6 nitrogen and oxygen atoms in total. The summed E-state index contributed by atoms with van der Waals surface area (Å²) in [5, 5.41) is 10.1. The van der Waals surface area contributed by atoms with E-state index in [2.05, 4.69) is 25.5 Å². The van der Waals surface area contributed by atoms with Crippen molar-refractivity contribution in [1.82, 2.24) is 20.2 Å². The highest BCUT2D eigenvalue weighted by molar-refractivity contribution is 6.33. The summed E-state index contributed by atoms with van der Waals surface area (Å²) >= 11 is 6.25. The third-order valence-electron chi connectivity index (χ3n) is 3.01. The highest BCUT2D eigenvalue weighted by Crippen LogP contribution is 2.28. The van der Waals surface area contributed by atoms with E-state index in [9.17, 15) is 4.79 Å². The van der Waals surface area contributed by atoms with Gasteiger partial charge in [0.1, 0.15) is 5.82 Å². The van der Waals surface area contributed by atoms with Gasteiger partial charge in [-0.15, -0.1) is 0 Å². The molecule has 0 saturated carbocycles. The zero-order valence-electron chi connectivity index (χ0n) is 11.7. The van der Waals surface area contributed by atoms with Gasteiger partial charge in [-0.1, -0.05) is 11.6 Å². The summed E-state index contributed by atoms with van der Waals surface area (Å²) in [6.07, 6.45) is 3.13. The molecule has 0 bridgehead atoms. The smallest absolute Gasteiger partial charge is 0.255 e. The SMILES string of the molecule is Cc1nc(-c2ccc(NC(=O)c3ccncc3)cc2Cl)n[nH]1. The van der Waals surface area contributed by atoms with Crippen molar-refractivity contribution in [3.8, 4) is 11.4 Å². The number of halogens is 1. The van der Waals surface area contributed by atoms with Crippen molar-refractivity contribution in [2.45, 2.75) is 6.92 Å². The van der Waals surface area contributed by atoms with E-state index >= 15 is 0 Å². The van der Waals surface area contributed by atoms with E-state index in [1.165, 1.54) is 0 Å².